The third kappa shape index (κ3) is 4.21. The molecule has 0 saturated carbocycles. The second-order valence-electron chi connectivity index (χ2n) is 4.67. The first kappa shape index (κ1) is 15.4. The molecule has 0 aliphatic carbocycles. The van der Waals surface area contributed by atoms with Gasteiger partial charge in [0.1, 0.15) is 0 Å². The number of nitrogens with zero attached hydrogens (tertiary/aromatic N) is 2. The number of nitrogens with two attached hydrogens (primary N) is 1. The summed E-state index contributed by atoms with van der Waals surface area (Å²) < 4.78 is 14.0. The smallest absolute Gasteiger partial charge is 0.0749 e. The van der Waals surface area contributed by atoms with E-state index in [0.29, 0.717) is 18.3 Å². The molecule has 2 unspecified atom stereocenters. The molecular formula is C13H25N3OS. The second kappa shape index (κ2) is 7.69. The van der Waals surface area contributed by atoms with Gasteiger partial charge in [-0.25, -0.2) is 0 Å². The minimum absolute atomic E-state index is 0.147. The Labute approximate surface area is 112 Å². The molecule has 18 heavy (non-hydrogen) atoms. The third-order valence-corrected chi connectivity index (χ3v) is 5.01. The van der Waals surface area contributed by atoms with Gasteiger partial charge in [-0.1, -0.05) is 20.8 Å². The average Bonchev–Trinajstić information content (AvgIpc) is 2.79. The largest absolute Gasteiger partial charge is 0.330 e. The highest BCUT2D eigenvalue weighted by atomic mass is 32.2. The van der Waals surface area contributed by atoms with E-state index in [-0.39, 0.29) is 5.25 Å². The molecule has 1 rings (SSSR count). The molecule has 0 radical (unpaired) electrons. The van der Waals surface area contributed by atoms with Gasteiger partial charge in [0, 0.05) is 22.2 Å². The van der Waals surface area contributed by atoms with Crippen LogP contribution in [0.25, 0.3) is 0 Å². The maximum absolute atomic E-state index is 12.0. The molecule has 4 nitrogen and oxygen atoms in total. The zero-order chi connectivity index (χ0) is 13.5. The lowest BCUT2D eigenvalue weighted by Gasteiger charge is -2.12. The van der Waals surface area contributed by atoms with Crippen molar-refractivity contribution in [2.75, 3.05) is 6.54 Å². The normalized spacial score (nSPS) is 14.9. The monoisotopic (exact) mass is 271 g/mol. The molecule has 0 spiro atoms. The first-order valence-corrected chi connectivity index (χ1v) is 8.11. The van der Waals surface area contributed by atoms with Crippen LogP contribution in [-0.2, 0) is 16.6 Å². The van der Waals surface area contributed by atoms with E-state index in [1.807, 2.05) is 23.9 Å². The molecule has 2 atom stereocenters. The predicted molar refractivity (Wildman–Crippen MR) is 76.8 cm³/mol. The average molecular weight is 271 g/mol. The van der Waals surface area contributed by atoms with Crippen LogP contribution in [0.15, 0.2) is 12.3 Å². The molecular weight excluding hydrogens is 246 g/mol. The van der Waals surface area contributed by atoms with E-state index in [1.165, 1.54) is 0 Å². The molecule has 2 N–H and O–H groups in total. The summed E-state index contributed by atoms with van der Waals surface area (Å²) in [4.78, 5) is 0. The quantitative estimate of drug-likeness (QED) is 0.788. The van der Waals surface area contributed by atoms with Crippen molar-refractivity contribution in [1.82, 2.24) is 9.78 Å². The van der Waals surface area contributed by atoms with Crippen LogP contribution in [-0.4, -0.2) is 25.8 Å². The predicted octanol–water partition coefficient (Wildman–Crippen LogP) is 2.23. The fourth-order valence-corrected chi connectivity index (χ4v) is 3.10. The van der Waals surface area contributed by atoms with Crippen LogP contribution in [0.3, 0.4) is 0 Å². The minimum Gasteiger partial charge on any atom is -0.330 e. The molecule has 0 fully saturated rings. The van der Waals surface area contributed by atoms with E-state index in [9.17, 15) is 4.21 Å². The molecule has 1 aromatic rings. The summed E-state index contributed by atoms with van der Waals surface area (Å²) in [5.74, 6) is 0.536. The van der Waals surface area contributed by atoms with Crippen LogP contribution in [0.5, 0.6) is 0 Å². The Bertz CT molecular complexity index is 374. The highest BCUT2D eigenvalue weighted by Crippen LogP contribution is 2.15. The van der Waals surface area contributed by atoms with Crippen LogP contribution in [0, 0.1) is 0 Å². The summed E-state index contributed by atoms with van der Waals surface area (Å²) in [5.41, 5.74) is 6.41. The summed E-state index contributed by atoms with van der Waals surface area (Å²) in [6, 6.07) is 2.43. The third-order valence-electron chi connectivity index (χ3n) is 3.29. The molecule has 104 valence electrons. The van der Waals surface area contributed by atoms with E-state index in [0.717, 1.165) is 25.0 Å². The number of aromatic nitrogens is 2. The van der Waals surface area contributed by atoms with Gasteiger partial charge in [0.2, 0.25) is 0 Å². The Kier molecular flexibility index (Phi) is 6.57. The van der Waals surface area contributed by atoms with Crippen LogP contribution in [0.1, 0.15) is 51.8 Å². The molecule has 0 aliphatic rings. The van der Waals surface area contributed by atoms with Crippen LogP contribution >= 0.6 is 0 Å². The van der Waals surface area contributed by atoms with Crippen LogP contribution in [0.2, 0.25) is 0 Å². The van der Waals surface area contributed by atoms with E-state index < -0.39 is 10.8 Å². The van der Waals surface area contributed by atoms with E-state index in [1.54, 1.807) is 0 Å². The van der Waals surface area contributed by atoms with Gasteiger partial charge in [-0.15, -0.1) is 0 Å². The summed E-state index contributed by atoms with van der Waals surface area (Å²) in [6.07, 6.45) is 4.95. The van der Waals surface area contributed by atoms with E-state index >= 15 is 0 Å². The van der Waals surface area contributed by atoms with Gasteiger partial charge in [0.05, 0.1) is 17.5 Å². The van der Waals surface area contributed by atoms with Crippen molar-refractivity contribution >= 4 is 10.8 Å². The van der Waals surface area contributed by atoms with Crippen molar-refractivity contribution in [1.29, 1.82) is 0 Å². The fourth-order valence-electron chi connectivity index (χ4n) is 1.97. The molecule has 1 aromatic heterocycles. The number of hydrogen-bond acceptors (Lipinski definition) is 3. The fraction of sp³-hybridized carbons (Fsp3) is 0.769. The number of hydrogen-bond donors (Lipinski definition) is 1. The van der Waals surface area contributed by atoms with Gasteiger partial charge in [-0.3, -0.25) is 8.89 Å². The summed E-state index contributed by atoms with van der Waals surface area (Å²) in [7, 11) is -0.875. The maximum Gasteiger partial charge on any atom is 0.0749 e. The Balaban J connectivity index is 2.61. The van der Waals surface area contributed by atoms with Gasteiger partial charge in [-0.2, -0.15) is 5.10 Å². The Morgan fingerprint density at radius 1 is 1.44 bits per heavy atom. The Morgan fingerprint density at radius 3 is 2.67 bits per heavy atom. The van der Waals surface area contributed by atoms with Gasteiger partial charge in [0.25, 0.3) is 0 Å². The van der Waals surface area contributed by atoms with E-state index in [4.69, 9.17) is 5.73 Å². The highest BCUT2D eigenvalue weighted by molar-refractivity contribution is 7.84. The minimum atomic E-state index is -0.875. The van der Waals surface area contributed by atoms with Crippen LogP contribution < -0.4 is 5.73 Å². The standard InChI is InChI=1S/C13H25N3OS/c1-4-13(5-2)16-9-7-12(15-16)10-18(17)11(3)6-8-14/h7,9,11,13H,4-6,8,10,14H2,1-3H3. The molecule has 0 saturated heterocycles. The lowest BCUT2D eigenvalue weighted by Crippen LogP contribution is -2.17. The van der Waals surface area contributed by atoms with Crippen molar-refractivity contribution in [3.63, 3.8) is 0 Å². The zero-order valence-corrected chi connectivity index (χ0v) is 12.4. The van der Waals surface area contributed by atoms with Crippen molar-refractivity contribution in [2.45, 2.75) is 57.1 Å². The van der Waals surface area contributed by atoms with Gasteiger partial charge >= 0.3 is 0 Å². The van der Waals surface area contributed by atoms with Crippen molar-refractivity contribution in [3.8, 4) is 0 Å². The van der Waals surface area contributed by atoms with Crippen molar-refractivity contribution in [2.24, 2.45) is 5.73 Å². The molecule has 5 heteroatoms. The molecule has 1 heterocycles. The first-order valence-electron chi connectivity index (χ1n) is 6.73. The lowest BCUT2D eigenvalue weighted by atomic mass is 10.2. The van der Waals surface area contributed by atoms with E-state index in [2.05, 4.69) is 18.9 Å². The van der Waals surface area contributed by atoms with Crippen molar-refractivity contribution in [3.05, 3.63) is 18.0 Å². The van der Waals surface area contributed by atoms with Gasteiger partial charge < -0.3 is 5.73 Å². The maximum atomic E-state index is 12.0. The molecule has 0 bridgehead atoms. The molecule has 0 amide bonds. The van der Waals surface area contributed by atoms with Gasteiger partial charge in [-0.05, 0) is 31.9 Å². The van der Waals surface area contributed by atoms with Crippen LogP contribution in [0.4, 0.5) is 0 Å². The topological polar surface area (TPSA) is 60.9 Å². The molecule has 0 aliphatic heterocycles. The Hall–Kier alpha value is -0.680. The van der Waals surface area contributed by atoms with Crippen molar-refractivity contribution < 1.29 is 4.21 Å². The van der Waals surface area contributed by atoms with Gasteiger partial charge in [0.15, 0.2) is 0 Å². The lowest BCUT2D eigenvalue weighted by molar-refractivity contribution is 0.426. The second-order valence-corrected chi connectivity index (χ2v) is 6.53. The highest BCUT2D eigenvalue weighted by Gasteiger charge is 2.14. The SMILES string of the molecule is CCC(CC)n1ccc(CS(=O)C(C)CCN)n1. The Morgan fingerprint density at radius 2 is 2.11 bits per heavy atom. The molecule has 0 aromatic carbocycles. The first-order chi connectivity index (χ1) is 8.62. The summed E-state index contributed by atoms with van der Waals surface area (Å²) in [6.45, 7) is 6.91. The summed E-state index contributed by atoms with van der Waals surface area (Å²) >= 11 is 0. The number of rotatable bonds is 8. The zero-order valence-electron chi connectivity index (χ0n) is 11.6. The summed E-state index contributed by atoms with van der Waals surface area (Å²) in [5, 5.41) is 4.67.